The van der Waals surface area contributed by atoms with E-state index in [1.165, 1.54) is 36.8 Å². The van der Waals surface area contributed by atoms with Crippen LogP contribution < -0.4 is 21.3 Å². The van der Waals surface area contributed by atoms with Gasteiger partial charge in [0.2, 0.25) is 20.0 Å². The molecule has 0 unspecified atom stereocenters. The zero-order valence-electron chi connectivity index (χ0n) is 21.8. The van der Waals surface area contributed by atoms with Crippen molar-refractivity contribution in [1.82, 2.24) is 19.2 Å². The SMILES string of the molecule is CN(C)S(=O)(=O)c1cccc(NC(=S)NC2CCC(NC(=S)Nc3cccc(S(=O)(=O)N(C)C)c3)CC2)c1. The van der Waals surface area contributed by atoms with Crippen molar-refractivity contribution in [3.8, 4) is 0 Å². The largest absolute Gasteiger partial charge is 0.360 e. The third-order valence-electron chi connectivity index (χ3n) is 6.14. The molecule has 0 bridgehead atoms. The fourth-order valence-electron chi connectivity index (χ4n) is 3.98. The van der Waals surface area contributed by atoms with Crippen LogP contribution in [-0.4, -0.2) is 75.9 Å². The Balaban J connectivity index is 1.47. The fourth-order valence-corrected chi connectivity index (χ4v) is 6.44. The molecule has 208 valence electrons. The highest BCUT2D eigenvalue weighted by molar-refractivity contribution is 7.89. The normalized spacial score (nSPS) is 18.2. The minimum absolute atomic E-state index is 0.177. The van der Waals surface area contributed by atoms with Crippen LogP contribution in [0.5, 0.6) is 0 Å². The summed E-state index contributed by atoms with van der Waals surface area (Å²) in [7, 11) is -1.10. The molecule has 10 nitrogen and oxygen atoms in total. The molecular formula is C24H34N6O4S4. The van der Waals surface area contributed by atoms with Gasteiger partial charge in [0.1, 0.15) is 0 Å². The van der Waals surface area contributed by atoms with Gasteiger partial charge in [0.15, 0.2) is 10.2 Å². The molecule has 14 heteroatoms. The number of anilines is 2. The van der Waals surface area contributed by atoms with Crippen molar-refractivity contribution in [2.75, 3.05) is 38.8 Å². The zero-order chi connectivity index (χ0) is 28.1. The second kappa shape index (κ2) is 12.7. The molecule has 0 aliphatic heterocycles. The lowest BCUT2D eigenvalue weighted by atomic mass is 9.91. The van der Waals surface area contributed by atoms with Crippen molar-refractivity contribution in [2.24, 2.45) is 0 Å². The van der Waals surface area contributed by atoms with E-state index in [2.05, 4.69) is 21.3 Å². The Kier molecular flexibility index (Phi) is 10.1. The average Bonchev–Trinajstić information content (AvgIpc) is 2.85. The van der Waals surface area contributed by atoms with Crippen LogP contribution in [0.4, 0.5) is 11.4 Å². The van der Waals surface area contributed by atoms with Gasteiger partial charge < -0.3 is 21.3 Å². The van der Waals surface area contributed by atoms with E-state index in [1.807, 2.05) is 0 Å². The monoisotopic (exact) mass is 598 g/mol. The number of hydrogen-bond acceptors (Lipinski definition) is 6. The number of hydrogen-bond donors (Lipinski definition) is 4. The maximum absolute atomic E-state index is 12.4. The molecule has 1 aliphatic carbocycles. The van der Waals surface area contributed by atoms with Gasteiger partial charge in [-0.15, -0.1) is 0 Å². The summed E-state index contributed by atoms with van der Waals surface area (Å²) in [6.45, 7) is 0. The predicted molar refractivity (Wildman–Crippen MR) is 159 cm³/mol. The second-order valence-electron chi connectivity index (χ2n) is 9.38. The van der Waals surface area contributed by atoms with Crippen LogP contribution in [0.3, 0.4) is 0 Å². The van der Waals surface area contributed by atoms with Gasteiger partial charge in [0.25, 0.3) is 0 Å². The summed E-state index contributed by atoms with van der Waals surface area (Å²) in [4.78, 5) is 0.384. The summed E-state index contributed by atoms with van der Waals surface area (Å²) in [5, 5.41) is 13.7. The summed E-state index contributed by atoms with van der Waals surface area (Å²) in [5.41, 5.74) is 1.19. The molecule has 1 fully saturated rings. The van der Waals surface area contributed by atoms with Crippen molar-refractivity contribution in [3.63, 3.8) is 0 Å². The van der Waals surface area contributed by atoms with Crippen LogP contribution in [0, 0.1) is 0 Å². The van der Waals surface area contributed by atoms with E-state index in [1.54, 1.807) is 48.5 Å². The van der Waals surface area contributed by atoms with E-state index in [0.29, 0.717) is 21.6 Å². The fraction of sp³-hybridized carbons (Fsp3) is 0.417. The molecule has 0 atom stereocenters. The lowest BCUT2D eigenvalue weighted by Gasteiger charge is -2.31. The number of benzene rings is 2. The standard InChI is InChI=1S/C24H34N6O4S4/c1-29(2)37(31,32)21-9-5-7-19(15-21)27-23(35)25-17-11-13-18(14-12-17)26-24(36)28-20-8-6-10-22(16-20)38(33,34)30(3)4/h5-10,15-18H,11-14H2,1-4H3,(H2,25,27,35)(H2,26,28,36). The van der Waals surface area contributed by atoms with Gasteiger partial charge in [-0.2, -0.15) is 0 Å². The van der Waals surface area contributed by atoms with Crippen molar-refractivity contribution < 1.29 is 16.8 Å². The van der Waals surface area contributed by atoms with Gasteiger partial charge in [-0.25, -0.2) is 25.4 Å². The van der Waals surface area contributed by atoms with Gasteiger partial charge >= 0.3 is 0 Å². The van der Waals surface area contributed by atoms with E-state index in [-0.39, 0.29) is 21.9 Å². The minimum Gasteiger partial charge on any atom is -0.360 e. The molecule has 4 N–H and O–H groups in total. The molecule has 0 heterocycles. The number of nitrogens with zero attached hydrogens (tertiary/aromatic N) is 2. The Morgan fingerprint density at radius 3 is 1.34 bits per heavy atom. The third kappa shape index (κ3) is 7.83. The Bertz CT molecular complexity index is 1270. The molecule has 0 amide bonds. The summed E-state index contributed by atoms with van der Waals surface area (Å²) in [5.74, 6) is 0. The van der Waals surface area contributed by atoms with E-state index in [4.69, 9.17) is 24.4 Å². The number of nitrogens with one attached hydrogen (secondary N) is 4. The second-order valence-corrected chi connectivity index (χ2v) is 14.5. The van der Waals surface area contributed by atoms with Crippen molar-refractivity contribution in [2.45, 2.75) is 47.6 Å². The van der Waals surface area contributed by atoms with Gasteiger partial charge in [0, 0.05) is 51.6 Å². The van der Waals surface area contributed by atoms with Crippen LogP contribution in [0.25, 0.3) is 0 Å². The van der Waals surface area contributed by atoms with Crippen LogP contribution in [0.2, 0.25) is 0 Å². The summed E-state index contributed by atoms with van der Waals surface area (Å²) >= 11 is 10.9. The first-order chi connectivity index (χ1) is 17.8. The Morgan fingerprint density at radius 2 is 1.03 bits per heavy atom. The van der Waals surface area contributed by atoms with E-state index < -0.39 is 20.0 Å². The average molecular weight is 599 g/mol. The first-order valence-corrected chi connectivity index (χ1v) is 15.7. The zero-order valence-corrected chi connectivity index (χ0v) is 25.0. The first-order valence-electron chi connectivity index (χ1n) is 12.0. The van der Waals surface area contributed by atoms with E-state index in [9.17, 15) is 16.8 Å². The van der Waals surface area contributed by atoms with Crippen LogP contribution in [-0.2, 0) is 20.0 Å². The smallest absolute Gasteiger partial charge is 0.242 e. The highest BCUT2D eigenvalue weighted by atomic mass is 32.2. The van der Waals surface area contributed by atoms with Crippen molar-refractivity contribution in [1.29, 1.82) is 0 Å². The highest BCUT2D eigenvalue weighted by Gasteiger charge is 2.23. The van der Waals surface area contributed by atoms with Gasteiger partial charge in [-0.1, -0.05) is 12.1 Å². The maximum atomic E-state index is 12.4. The summed E-state index contributed by atoms with van der Waals surface area (Å²) < 4.78 is 51.9. The molecule has 0 aromatic heterocycles. The molecule has 38 heavy (non-hydrogen) atoms. The molecule has 1 saturated carbocycles. The summed E-state index contributed by atoms with van der Waals surface area (Å²) in [6, 6.07) is 13.4. The Labute approximate surface area is 236 Å². The lowest BCUT2D eigenvalue weighted by molar-refractivity contribution is 0.356. The van der Waals surface area contributed by atoms with Crippen LogP contribution in [0.1, 0.15) is 25.7 Å². The van der Waals surface area contributed by atoms with E-state index >= 15 is 0 Å². The summed E-state index contributed by atoms with van der Waals surface area (Å²) in [6.07, 6.45) is 3.48. The van der Waals surface area contributed by atoms with Crippen molar-refractivity contribution in [3.05, 3.63) is 48.5 Å². The molecule has 0 radical (unpaired) electrons. The van der Waals surface area contributed by atoms with Crippen molar-refractivity contribution >= 4 is 66.1 Å². The van der Waals surface area contributed by atoms with Gasteiger partial charge in [-0.05, 0) is 86.5 Å². The predicted octanol–water partition coefficient (Wildman–Crippen LogP) is 2.77. The Morgan fingerprint density at radius 1 is 0.684 bits per heavy atom. The molecule has 0 saturated heterocycles. The topological polar surface area (TPSA) is 123 Å². The quantitative estimate of drug-likeness (QED) is 0.338. The third-order valence-corrected chi connectivity index (χ3v) is 10.2. The van der Waals surface area contributed by atoms with Crippen LogP contribution in [0.15, 0.2) is 58.3 Å². The molecule has 1 aliphatic rings. The van der Waals surface area contributed by atoms with Crippen LogP contribution >= 0.6 is 24.4 Å². The lowest BCUT2D eigenvalue weighted by Crippen LogP contribution is -2.45. The first kappa shape index (κ1) is 30.2. The maximum Gasteiger partial charge on any atom is 0.242 e. The minimum atomic E-state index is -3.53. The Hall–Kier alpha value is -2.36. The molecule has 2 aromatic carbocycles. The molecule has 2 aromatic rings. The molecule has 0 spiro atoms. The number of rotatable bonds is 8. The van der Waals surface area contributed by atoms with Gasteiger partial charge in [-0.3, -0.25) is 0 Å². The number of thiocarbonyl (C=S) groups is 2. The highest BCUT2D eigenvalue weighted by Crippen LogP contribution is 2.22. The number of sulfonamides is 2. The van der Waals surface area contributed by atoms with E-state index in [0.717, 1.165) is 25.7 Å². The van der Waals surface area contributed by atoms with Gasteiger partial charge in [0.05, 0.1) is 9.79 Å². The molecular weight excluding hydrogens is 565 g/mol. The molecule has 3 rings (SSSR count).